The Bertz CT molecular complexity index is 568. The minimum Gasteiger partial charge on any atom is -0.370 e. The maximum Gasteiger partial charge on any atom is 0.222 e. The van der Waals surface area contributed by atoms with Gasteiger partial charge >= 0.3 is 0 Å². The Balaban J connectivity index is 1.88. The van der Waals surface area contributed by atoms with Crippen molar-refractivity contribution in [2.75, 3.05) is 25.0 Å². The Labute approximate surface area is 132 Å². The van der Waals surface area contributed by atoms with Gasteiger partial charge in [-0.25, -0.2) is 0 Å². The van der Waals surface area contributed by atoms with Crippen LogP contribution < -0.4 is 11.1 Å². The molecule has 0 aliphatic carbocycles. The lowest BCUT2D eigenvalue weighted by molar-refractivity contribution is -0.127. The lowest BCUT2D eigenvalue weighted by Crippen LogP contribution is -2.26. The Morgan fingerprint density at radius 3 is 2.86 bits per heavy atom. The average Bonchev–Trinajstić information content (AvgIpc) is 2.82. The van der Waals surface area contributed by atoms with Gasteiger partial charge in [0.15, 0.2) is 5.96 Å². The quantitative estimate of drug-likeness (QED) is 0.647. The molecule has 3 N–H and O–H groups in total. The van der Waals surface area contributed by atoms with Gasteiger partial charge in [0, 0.05) is 37.7 Å². The molecule has 5 nitrogen and oxygen atoms in total. The molecule has 120 valence electrons. The SMILES string of the molecule is CCCN1CC(CN=C(N)Nc2ccc(C)c(C)c2)CC1=O. The molecule has 1 aromatic rings. The molecule has 5 heteroatoms. The van der Waals surface area contributed by atoms with Crippen LogP contribution in [0.25, 0.3) is 0 Å². The predicted octanol–water partition coefficient (Wildman–Crippen LogP) is 2.29. The summed E-state index contributed by atoms with van der Waals surface area (Å²) in [4.78, 5) is 18.1. The zero-order chi connectivity index (χ0) is 16.1. The van der Waals surface area contributed by atoms with Crippen LogP contribution in [0.3, 0.4) is 0 Å². The first kappa shape index (κ1) is 16.3. The van der Waals surface area contributed by atoms with E-state index in [4.69, 9.17) is 5.73 Å². The van der Waals surface area contributed by atoms with Crippen molar-refractivity contribution in [3.8, 4) is 0 Å². The van der Waals surface area contributed by atoms with Crippen LogP contribution in [0, 0.1) is 19.8 Å². The largest absolute Gasteiger partial charge is 0.370 e. The summed E-state index contributed by atoms with van der Waals surface area (Å²) in [7, 11) is 0. The number of nitrogens with one attached hydrogen (secondary N) is 1. The molecule has 1 atom stereocenters. The number of hydrogen-bond donors (Lipinski definition) is 2. The van der Waals surface area contributed by atoms with Crippen LogP contribution >= 0.6 is 0 Å². The summed E-state index contributed by atoms with van der Waals surface area (Å²) in [6.45, 7) is 8.47. The van der Waals surface area contributed by atoms with Gasteiger partial charge in [0.1, 0.15) is 0 Å². The molecule has 1 fully saturated rings. The summed E-state index contributed by atoms with van der Waals surface area (Å²) in [6, 6.07) is 6.11. The zero-order valence-corrected chi connectivity index (χ0v) is 13.7. The molecule has 1 unspecified atom stereocenters. The van der Waals surface area contributed by atoms with Crippen molar-refractivity contribution in [2.24, 2.45) is 16.6 Å². The first-order valence-electron chi connectivity index (χ1n) is 7.91. The van der Waals surface area contributed by atoms with Crippen LogP contribution in [0.4, 0.5) is 5.69 Å². The van der Waals surface area contributed by atoms with Crippen LogP contribution in [0.1, 0.15) is 30.9 Å². The number of nitrogens with two attached hydrogens (primary N) is 1. The third kappa shape index (κ3) is 4.23. The molecule has 1 aromatic carbocycles. The minimum absolute atomic E-state index is 0.239. The molecule has 0 aromatic heterocycles. The second-order valence-corrected chi connectivity index (χ2v) is 6.06. The average molecular weight is 302 g/mol. The van der Waals surface area contributed by atoms with E-state index < -0.39 is 0 Å². The third-order valence-electron chi connectivity index (χ3n) is 4.09. The van der Waals surface area contributed by atoms with Crippen molar-refractivity contribution >= 4 is 17.6 Å². The predicted molar refractivity (Wildman–Crippen MR) is 91.0 cm³/mol. The number of hydrogen-bond acceptors (Lipinski definition) is 2. The fourth-order valence-electron chi connectivity index (χ4n) is 2.70. The number of aryl methyl sites for hydroxylation is 2. The van der Waals surface area contributed by atoms with Crippen molar-refractivity contribution in [3.05, 3.63) is 29.3 Å². The summed E-state index contributed by atoms with van der Waals surface area (Å²) in [5.41, 5.74) is 9.35. The van der Waals surface area contributed by atoms with E-state index in [1.54, 1.807) is 0 Å². The number of nitrogens with zero attached hydrogens (tertiary/aromatic N) is 2. The first-order valence-corrected chi connectivity index (χ1v) is 7.91. The normalized spacial score (nSPS) is 18.9. The Kier molecular flexibility index (Phi) is 5.41. The topological polar surface area (TPSA) is 70.7 Å². The molecule has 0 saturated carbocycles. The number of likely N-dealkylation sites (tertiary alicyclic amines) is 1. The maximum absolute atomic E-state index is 11.8. The highest BCUT2D eigenvalue weighted by Gasteiger charge is 2.28. The second kappa shape index (κ2) is 7.29. The summed E-state index contributed by atoms with van der Waals surface area (Å²) in [5.74, 6) is 0.923. The van der Waals surface area contributed by atoms with Gasteiger partial charge in [-0.15, -0.1) is 0 Å². The van der Waals surface area contributed by atoms with Gasteiger partial charge in [0.05, 0.1) is 0 Å². The van der Waals surface area contributed by atoms with E-state index in [1.807, 2.05) is 11.0 Å². The number of guanidine groups is 1. The maximum atomic E-state index is 11.8. The minimum atomic E-state index is 0.239. The van der Waals surface area contributed by atoms with E-state index in [9.17, 15) is 4.79 Å². The molecular formula is C17H26N4O. The Hall–Kier alpha value is -2.04. The van der Waals surface area contributed by atoms with Gasteiger partial charge in [-0.05, 0) is 43.5 Å². The fourth-order valence-corrected chi connectivity index (χ4v) is 2.70. The summed E-state index contributed by atoms with van der Waals surface area (Å²) in [5, 5.41) is 3.11. The van der Waals surface area contributed by atoms with E-state index in [2.05, 4.69) is 43.2 Å². The van der Waals surface area contributed by atoms with Gasteiger partial charge in [0.2, 0.25) is 5.91 Å². The molecule has 1 aliphatic heterocycles. The van der Waals surface area contributed by atoms with Gasteiger partial charge in [-0.3, -0.25) is 9.79 Å². The molecule has 1 saturated heterocycles. The van der Waals surface area contributed by atoms with Crippen LogP contribution in [0.15, 0.2) is 23.2 Å². The Morgan fingerprint density at radius 2 is 2.18 bits per heavy atom. The smallest absolute Gasteiger partial charge is 0.222 e. The molecule has 22 heavy (non-hydrogen) atoms. The van der Waals surface area contributed by atoms with Gasteiger partial charge in [-0.1, -0.05) is 13.0 Å². The van der Waals surface area contributed by atoms with Gasteiger partial charge in [-0.2, -0.15) is 0 Å². The molecule has 0 bridgehead atoms. The highest BCUT2D eigenvalue weighted by molar-refractivity contribution is 5.92. The van der Waals surface area contributed by atoms with Crippen molar-refractivity contribution in [1.29, 1.82) is 0 Å². The van der Waals surface area contributed by atoms with Crippen molar-refractivity contribution in [1.82, 2.24) is 4.90 Å². The van der Waals surface area contributed by atoms with Crippen molar-refractivity contribution < 1.29 is 4.79 Å². The number of rotatable bonds is 5. The molecular weight excluding hydrogens is 276 g/mol. The van der Waals surface area contributed by atoms with Gasteiger partial charge in [0.25, 0.3) is 0 Å². The van der Waals surface area contributed by atoms with E-state index in [-0.39, 0.29) is 11.8 Å². The van der Waals surface area contributed by atoms with E-state index in [0.29, 0.717) is 18.9 Å². The van der Waals surface area contributed by atoms with Crippen LogP contribution in [-0.2, 0) is 4.79 Å². The summed E-state index contributed by atoms with van der Waals surface area (Å²) < 4.78 is 0. The highest BCUT2D eigenvalue weighted by Crippen LogP contribution is 2.18. The number of carbonyl (C=O) groups is 1. The standard InChI is InChI=1S/C17H26N4O/c1-4-7-21-11-14(9-16(21)22)10-19-17(18)20-15-6-5-12(2)13(3)8-15/h5-6,8,14H,4,7,9-11H2,1-3H3,(H3,18,19,20). The summed E-state index contributed by atoms with van der Waals surface area (Å²) in [6.07, 6.45) is 1.58. The second-order valence-electron chi connectivity index (χ2n) is 6.06. The van der Waals surface area contributed by atoms with Gasteiger partial charge < -0.3 is 16.0 Å². The zero-order valence-electron chi connectivity index (χ0n) is 13.7. The lowest BCUT2D eigenvalue weighted by Gasteiger charge is -2.14. The molecule has 1 aliphatic rings. The van der Waals surface area contributed by atoms with Crippen LogP contribution in [0.2, 0.25) is 0 Å². The first-order chi connectivity index (χ1) is 10.5. The number of aliphatic imine (C=N–C) groups is 1. The van der Waals surface area contributed by atoms with Crippen molar-refractivity contribution in [3.63, 3.8) is 0 Å². The number of carbonyl (C=O) groups excluding carboxylic acids is 1. The van der Waals surface area contributed by atoms with Crippen molar-refractivity contribution in [2.45, 2.75) is 33.6 Å². The highest BCUT2D eigenvalue weighted by atomic mass is 16.2. The monoisotopic (exact) mass is 302 g/mol. The molecule has 0 spiro atoms. The summed E-state index contributed by atoms with van der Waals surface area (Å²) >= 11 is 0. The molecule has 1 amide bonds. The van der Waals surface area contributed by atoms with E-state index in [0.717, 1.165) is 25.2 Å². The number of amides is 1. The number of anilines is 1. The van der Waals surface area contributed by atoms with E-state index in [1.165, 1.54) is 11.1 Å². The molecule has 1 heterocycles. The van der Waals surface area contributed by atoms with Crippen LogP contribution in [0.5, 0.6) is 0 Å². The molecule has 2 rings (SSSR count). The lowest BCUT2D eigenvalue weighted by atomic mass is 10.1. The third-order valence-corrected chi connectivity index (χ3v) is 4.09. The van der Waals surface area contributed by atoms with E-state index >= 15 is 0 Å². The Morgan fingerprint density at radius 1 is 1.41 bits per heavy atom. The number of benzene rings is 1. The molecule has 0 radical (unpaired) electrons. The van der Waals surface area contributed by atoms with Crippen LogP contribution in [-0.4, -0.2) is 36.4 Å². The fraction of sp³-hybridized carbons (Fsp3) is 0.529.